The van der Waals surface area contributed by atoms with E-state index in [1.165, 1.54) is 0 Å². The van der Waals surface area contributed by atoms with Crippen molar-refractivity contribution in [3.63, 3.8) is 0 Å². The van der Waals surface area contributed by atoms with E-state index in [0.717, 1.165) is 5.71 Å². The number of ether oxygens (including phenoxy) is 2. The normalized spacial score (nSPS) is 22.9. The first-order valence-electron chi connectivity index (χ1n) is 6.70. The molecule has 0 radical (unpaired) electrons. The number of aliphatic imine (C=N–C) groups is 1. The topological polar surface area (TPSA) is 59.9 Å². The second-order valence-corrected chi connectivity index (χ2v) is 6.18. The van der Waals surface area contributed by atoms with E-state index in [1.807, 2.05) is 34.6 Å². The molecular formula is C14H23ClN2O3. The van der Waals surface area contributed by atoms with E-state index >= 15 is 0 Å². The summed E-state index contributed by atoms with van der Waals surface area (Å²) in [6, 6.07) is 0. The van der Waals surface area contributed by atoms with Gasteiger partial charge in [0.1, 0.15) is 10.8 Å². The van der Waals surface area contributed by atoms with E-state index in [9.17, 15) is 4.79 Å². The lowest BCUT2D eigenvalue weighted by molar-refractivity contribution is 0.0435. The number of nitrogens with one attached hydrogen (secondary N) is 1. The molecule has 0 aromatic carbocycles. The molecule has 1 aliphatic heterocycles. The molecule has 1 rings (SSSR count). The smallest absolute Gasteiger partial charge is 0.407 e. The van der Waals surface area contributed by atoms with E-state index in [1.54, 1.807) is 6.08 Å². The average molecular weight is 303 g/mol. The molecule has 0 aliphatic carbocycles. The van der Waals surface area contributed by atoms with Gasteiger partial charge >= 0.3 is 6.09 Å². The van der Waals surface area contributed by atoms with Crippen molar-refractivity contribution < 1.29 is 14.3 Å². The molecule has 0 fully saturated rings. The molecule has 2 unspecified atom stereocenters. The number of alkyl carbamates (subject to hydrolysis) is 1. The predicted molar refractivity (Wildman–Crippen MR) is 80.2 cm³/mol. The molecule has 5 nitrogen and oxygen atoms in total. The molecule has 0 saturated carbocycles. The van der Waals surface area contributed by atoms with Crippen LogP contribution < -0.4 is 5.32 Å². The Bertz CT molecular complexity index is 413. The third-order valence-corrected chi connectivity index (χ3v) is 3.03. The molecule has 0 aromatic heterocycles. The summed E-state index contributed by atoms with van der Waals surface area (Å²) < 4.78 is 10.8. The summed E-state index contributed by atoms with van der Waals surface area (Å²) in [5.41, 5.74) is 0.453. The summed E-state index contributed by atoms with van der Waals surface area (Å²) in [5, 5.41) is 3.10. The fraction of sp³-hybridized carbons (Fsp3) is 0.714. The second-order valence-electron chi connectivity index (χ2n) is 5.80. The van der Waals surface area contributed by atoms with Crippen LogP contribution in [0.1, 0.15) is 34.6 Å². The van der Waals surface area contributed by atoms with Gasteiger partial charge < -0.3 is 14.8 Å². The number of hydrogen-bond donors (Lipinski definition) is 1. The Kier molecular flexibility index (Phi) is 6.02. The van der Waals surface area contributed by atoms with E-state index in [2.05, 4.69) is 10.3 Å². The number of rotatable bonds is 4. The van der Waals surface area contributed by atoms with Crippen LogP contribution in [0.3, 0.4) is 0 Å². The number of amides is 1. The van der Waals surface area contributed by atoms with Crippen molar-refractivity contribution in [2.24, 2.45) is 10.9 Å². The van der Waals surface area contributed by atoms with Crippen molar-refractivity contribution in [2.75, 3.05) is 13.2 Å². The number of halogens is 1. The van der Waals surface area contributed by atoms with Gasteiger partial charge in [0.25, 0.3) is 0 Å². The summed E-state index contributed by atoms with van der Waals surface area (Å²) in [6.07, 6.45) is 1.23. The van der Waals surface area contributed by atoms with E-state index in [4.69, 9.17) is 21.1 Å². The third-order valence-electron chi connectivity index (χ3n) is 2.82. The Hall–Kier alpha value is -1.07. The van der Waals surface area contributed by atoms with Gasteiger partial charge in [-0.2, -0.15) is 0 Å². The van der Waals surface area contributed by atoms with Crippen molar-refractivity contribution in [2.45, 2.75) is 46.3 Å². The van der Waals surface area contributed by atoms with Crippen LogP contribution in [0, 0.1) is 5.92 Å². The quantitative estimate of drug-likeness (QED) is 0.641. The van der Waals surface area contributed by atoms with Crippen LogP contribution in [0.4, 0.5) is 4.79 Å². The second kappa shape index (κ2) is 7.09. The summed E-state index contributed by atoms with van der Waals surface area (Å²) in [7, 11) is 0. The molecule has 1 amide bonds. The first-order chi connectivity index (χ1) is 9.19. The monoisotopic (exact) mass is 302 g/mol. The summed E-state index contributed by atoms with van der Waals surface area (Å²) >= 11 is 5.91. The summed E-state index contributed by atoms with van der Waals surface area (Å²) in [6.45, 7) is 10.2. The number of carbonyl (C=O) groups excluding carboxylic acids is 1. The summed E-state index contributed by atoms with van der Waals surface area (Å²) in [5.74, 6) is 0.180. The minimum atomic E-state index is -0.493. The molecule has 1 aliphatic rings. The Morgan fingerprint density at radius 1 is 1.50 bits per heavy atom. The van der Waals surface area contributed by atoms with Gasteiger partial charge in [-0.25, -0.2) is 9.79 Å². The molecule has 20 heavy (non-hydrogen) atoms. The Labute approximate surface area is 125 Å². The maximum Gasteiger partial charge on any atom is 0.407 e. The zero-order valence-electron chi connectivity index (χ0n) is 12.7. The summed E-state index contributed by atoms with van der Waals surface area (Å²) in [4.78, 5) is 15.6. The lowest BCUT2D eigenvalue weighted by Gasteiger charge is -2.25. The van der Waals surface area contributed by atoms with Crippen molar-refractivity contribution in [3.05, 3.63) is 11.2 Å². The minimum absolute atomic E-state index is 0.111. The zero-order chi connectivity index (χ0) is 15.3. The van der Waals surface area contributed by atoms with Gasteiger partial charge in [0.05, 0.1) is 12.7 Å². The van der Waals surface area contributed by atoms with Crippen molar-refractivity contribution >= 4 is 23.4 Å². The Morgan fingerprint density at radius 2 is 2.15 bits per heavy atom. The minimum Gasteiger partial charge on any atom is -0.444 e. The van der Waals surface area contributed by atoms with Crippen LogP contribution in [0.25, 0.3) is 0 Å². The predicted octanol–water partition coefficient (Wildman–Crippen LogP) is 3.09. The van der Waals surface area contributed by atoms with Crippen LogP contribution >= 0.6 is 11.6 Å². The van der Waals surface area contributed by atoms with Gasteiger partial charge in [-0.05, 0) is 33.8 Å². The number of nitrogens with zero attached hydrogens (tertiary/aromatic N) is 1. The molecule has 2 atom stereocenters. The molecule has 1 heterocycles. The van der Waals surface area contributed by atoms with E-state index in [-0.39, 0.29) is 12.0 Å². The van der Waals surface area contributed by atoms with Gasteiger partial charge in [-0.3, -0.25) is 0 Å². The van der Waals surface area contributed by atoms with E-state index in [0.29, 0.717) is 18.3 Å². The van der Waals surface area contributed by atoms with Crippen molar-refractivity contribution in [1.82, 2.24) is 5.32 Å². The van der Waals surface area contributed by atoms with Gasteiger partial charge in [-0.1, -0.05) is 18.5 Å². The molecule has 114 valence electrons. The largest absolute Gasteiger partial charge is 0.444 e. The van der Waals surface area contributed by atoms with Crippen molar-refractivity contribution in [3.8, 4) is 0 Å². The number of carbonyl (C=O) groups is 1. The standard InChI is InChI=1S/C14H23ClN2O3/c1-9-10(2)17-12(15)8-11(9)19-7-6-16-13(18)20-14(3,4)5/h8-9,11H,6-7H2,1-5H3,(H,16,18). The maximum atomic E-state index is 11.4. The fourth-order valence-corrected chi connectivity index (χ4v) is 1.94. The number of hydrogen-bond acceptors (Lipinski definition) is 4. The average Bonchev–Trinajstić information content (AvgIpc) is 2.28. The highest BCUT2D eigenvalue weighted by atomic mass is 35.5. The van der Waals surface area contributed by atoms with Crippen LogP contribution in [-0.4, -0.2) is 36.7 Å². The van der Waals surface area contributed by atoms with Gasteiger partial charge in [-0.15, -0.1) is 0 Å². The maximum absolute atomic E-state index is 11.4. The molecule has 6 heteroatoms. The molecular weight excluding hydrogens is 280 g/mol. The van der Waals surface area contributed by atoms with Gasteiger partial charge in [0.2, 0.25) is 0 Å². The lowest BCUT2D eigenvalue weighted by atomic mass is 9.98. The highest BCUT2D eigenvalue weighted by molar-refractivity contribution is 6.30. The van der Waals surface area contributed by atoms with Crippen LogP contribution in [0.2, 0.25) is 0 Å². The molecule has 1 N–H and O–H groups in total. The third kappa shape index (κ3) is 5.92. The van der Waals surface area contributed by atoms with Crippen LogP contribution in [0.15, 0.2) is 16.2 Å². The molecule has 0 aromatic rings. The van der Waals surface area contributed by atoms with Crippen LogP contribution in [0.5, 0.6) is 0 Å². The van der Waals surface area contributed by atoms with E-state index < -0.39 is 11.7 Å². The molecule has 0 spiro atoms. The first kappa shape index (κ1) is 17.0. The Balaban J connectivity index is 2.28. The fourth-order valence-electron chi connectivity index (χ4n) is 1.68. The van der Waals surface area contributed by atoms with Crippen molar-refractivity contribution in [1.29, 1.82) is 0 Å². The van der Waals surface area contributed by atoms with Crippen LogP contribution in [-0.2, 0) is 9.47 Å². The van der Waals surface area contributed by atoms with Gasteiger partial charge in [0, 0.05) is 18.2 Å². The highest BCUT2D eigenvalue weighted by Crippen LogP contribution is 2.22. The highest BCUT2D eigenvalue weighted by Gasteiger charge is 2.23. The lowest BCUT2D eigenvalue weighted by Crippen LogP contribution is -2.36. The SMILES string of the molecule is CC1=NC(Cl)=CC(OCCNC(=O)OC(C)(C)C)C1C. The Morgan fingerprint density at radius 3 is 2.75 bits per heavy atom. The molecule has 0 saturated heterocycles. The molecule has 0 bridgehead atoms. The zero-order valence-corrected chi connectivity index (χ0v) is 13.5. The van der Waals surface area contributed by atoms with Gasteiger partial charge in [0.15, 0.2) is 0 Å². The first-order valence-corrected chi connectivity index (χ1v) is 7.08.